The number of benzene rings is 2. The molecule has 0 spiro atoms. The quantitative estimate of drug-likeness (QED) is 0.498. The Kier molecular flexibility index (Phi) is 7.09. The van der Waals surface area contributed by atoms with Gasteiger partial charge in [-0.25, -0.2) is 0 Å². The van der Waals surface area contributed by atoms with Crippen LogP contribution in [0, 0.1) is 13.8 Å². The largest absolute Gasteiger partial charge is 0.411 e. The Morgan fingerprint density at radius 3 is 2.45 bits per heavy atom. The van der Waals surface area contributed by atoms with Crippen molar-refractivity contribution in [1.82, 2.24) is 15.5 Å². The van der Waals surface area contributed by atoms with Crippen LogP contribution in [0.15, 0.2) is 58.2 Å². The van der Waals surface area contributed by atoms with Crippen LogP contribution in [0.3, 0.4) is 0 Å². The van der Waals surface area contributed by atoms with Crippen LogP contribution in [0.5, 0.6) is 0 Å². The van der Waals surface area contributed by atoms with Crippen molar-refractivity contribution in [2.75, 3.05) is 0 Å². The molecule has 0 bridgehead atoms. The van der Waals surface area contributed by atoms with Gasteiger partial charge in [0.05, 0.1) is 11.3 Å². The highest BCUT2D eigenvalue weighted by atomic mass is 32.2. The summed E-state index contributed by atoms with van der Waals surface area (Å²) in [6, 6.07) is 16.2. The van der Waals surface area contributed by atoms with Gasteiger partial charge in [0.2, 0.25) is 11.8 Å². The van der Waals surface area contributed by atoms with Crippen molar-refractivity contribution in [2.24, 2.45) is 0 Å². The zero-order valence-corrected chi connectivity index (χ0v) is 18.1. The number of thioether (sulfide) groups is 1. The SMILES string of the molecule is CCC[C@H](NC(=O)[C@H](C)Sc1nnc(-c2cc(C)cc(C)c2)o1)c1ccccc1. The van der Waals surface area contributed by atoms with E-state index in [4.69, 9.17) is 4.42 Å². The predicted molar refractivity (Wildman–Crippen MR) is 117 cm³/mol. The fourth-order valence-corrected chi connectivity index (χ4v) is 3.95. The maximum absolute atomic E-state index is 12.8. The lowest BCUT2D eigenvalue weighted by molar-refractivity contribution is -0.121. The first-order chi connectivity index (χ1) is 14.0. The minimum absolute atomic E-state index is 0.00488. The maximum Gasteiger partial charge on any atom is 0.277 e. The maximum atomic E-state index is 12.8. The molecule has 2 aromatic carbocycles. The lowest BCUT2D eigenvalue weighted by Gasteiger charge is -2.20. The highest BCUT2D eigenvalue weighted by Gasteiger charge is 2.22. The first-order valence-electron chi connectivity index (χ1n) is 9.90. The molecule has 1 heterocycles. The summed E-state index contributed by atoms with van der Waals surface area (Å²) < 4.78 is 5.80. The van der Waals surface area contributed by atoms with Crippen molar-refractivity contribution >= 4 is 17.7 Å². The molecule has 2 atom stereocenters. The van der Waals surface area contributed by atoms with E-state index in [1.54, 1.807) is 0 Å². The molecule has 3 rings (SSSR count). The molecule has 0 aliphatic rings. The number of aryl methyl sites for hydroxylation is 2. The Labute approximate surface area is 176 Å². The third kappa shape index (κ3) is 5.70. The van der Waals surface area contributed by atoms with Crippen LogP contribution in [0.1, 0.15) is 49.4 Å². The Morgan fingerprint density at radius 2 is 1.79 bits per heavy atom. The van der Waals surface area contributed by atoms with Crippen LogP contribution in [-0.2, 0) is 4.79 Å². The zero-order valence-electron chi connectivity index (χ0n) is 17.3. The van der Waals surface area contributed by atoms with E-state index < -0.39 is 0 Å². The van der Waals surface area contributed by atoms with Crippen LogP contribution in [-0.4, -0.2) is 21.4 Å². The second-order valence-corrected chi connectivity index (χ2v) is 8.56. The monoisotopic (exact) mass is 409 g/mol. The van der Waals surface area contributed by atoms with Gasteiger partial charge < -0.3 is 9.73 Å². The normalized spacial score (nSPS) is 13.1. The van der Waals surface area contributed by atoms with Crippen molar-refractivity contribution in [3.05, 3.63) is 65.2 Å². The molecule has 6 heteroatoms. The number of aromatic nitrogens is 2. The van der Waals surface area contributed by atoms with Gasteiger partial charge in [0.15, 0.2) is 0 Å². The van der Waals surface area contributed by atoms with Crippen molar-refractivity contribution in [2.45, 2.75) is 57.1 Å². The number of nitrogens with one attached hydrogen (secondary N) is 1. The van der Waals surface area contributed by atoms with Crippen molar-refractivity contribution in [1.29, 1.82) is 0 Å². The molecule has 0 fully saturated rings. The van der Waals surface area contributed by atoms with Gasteiger partial charge in [-0.05, 0) is 44.9 Å². The molecule has 3 aromatic rings. The van der Waals surface area contributed by atoms with Crippen LogP contribution in [0.2, 0.25) is 0 Å². The van der Waals surface area contributed by atoms with Crippen molar-refractivity contribution in [3.8, 4) is 11.5 Å². The van der Waals surface area contributed by atoms with Gasteiger partial charge in [0.25, 0.3) is 5.22 Å². The first-order valence-corrected chi connectivity index (χ1v) is 10.8. The summed E-state index contributed by atoms with van der Waals surface area (Å²) in [6.45, 7) is 8.05. The summed E-state index contributed by atoms with van der Waals surface area (Å²) in [5.41, 5.74) is 4.30. The molecule has 152 valence electrons. The Hall–Kier alpha value is -2.60. The molecule has 0 saturated carbocycles. The summed E-state index contributed by atoms with van der Waals surface area (Å²) in [5, 5.41) is 11.5. The van der Waals surface area contributed by atoms with Gasteiger partial charge in [-0.2, -0.15) is 0 Å². The summed E-state index contributed by atoms with van der Waals surface area (Å²) in [5.74, 6) is 0.434. The third-order valence-corrected chi connectivity index (χ3v) is 5.55. The number of carbonyl (C=O) groups excluding carboxylic acids is 1. The molecule has 0 radical (unpaired) electrons. The molecule has 29 heavy (non-hydrogen) atoms. The molecule has 0 aliphatic carbocycles. The van der Waals surface area contributed by atoms with Crippen LogP contribution < -0.4 is 5.32 Å². The lowest BCUT2D eigenvalue weighted by Crippen LogP contribution is -2.34. The molecule has 1 amide bonds. The van der Waals surface area contributed by atoms with Crippen LogP contribution >= 0.6 is 11.8 Å². The summed E-state index contributed by atoms with van der Waals surface area (Å²) in [6.07, 6.45) is 1.88. The van der Waals surface area contributed by atoms with E-state index in [1.807, 2.05) is 63.2 Å². The van der Waals surface area contributed by atoms with Crippen molar-refractivity contribution < 1.29 is 9.21 Å². The summed E-state index contributed by atoms with van der Waals surface area (Å²) in [4.78, 5) is 12.8. The minimum Gasteiger partial charge on any atom is -0.411 e. The Morgan fingerprint density at radius 1 is 1.10 bits per heavy atom. The number of carbonyl (C=O) groups is 1. The number of hydrogen-bond donors (Lipinski definition) is 1. The number of nitrogens with zero attached hydrogens (tertiary/aromatic N) is 2. The van der Waals surface area contributed by atoms with Crippen LogP contribution in [0.25, 0.3) is 11.5 Å². The molecule has 0 aliphatic heterocycles. The average Bonchev–Trinajstić information content (AvgIpc) is 3.16. The third-order valence-electron chi connectivity index (χ3n) is 4.62. The second-order valence-electron chi connectivity index (χ2n) is 7.27. The van der Waals surface area contributed by atoms with E-state index in [9.17, 15) is 4.79 Å². The van der Waals surface area contributed by atoms with E-state index >= 15 is 0 Å². The molecule has 0 unspecified atom stereocenters. The fraction of sp³-hybridized carbons (Fsp3) is 0.348. The summed E-state index contributed by atoms with van der Waals surface area (Å²) in [7, 11) is 0. The number of rotatable bonds is 8. The Bertz CT molecular complexity index is 936. The molecule has 1 N–H and O–H groups in total. The predicted octanol–water partition coefficient (Wildman–Crippen LogP) is 5.49. The molecule has 1 aromatic heterocycles. The van der Waals surface area contributed by atoms with E-state index in [2.05, 4.69) is 28.5 Å². The number of hydrogen-bond acceptors (Lipinski definition) is 5. The zero-order chi connectivity index (χ0) is 20.8. The van der Waals surface area contributed by atoms with Gasteiger partial charge in [-0.3, -0.25) is 4.79 Å². The van der Waals surface area contributed by atoms with Gasteiger partial charge >= 0.3 is 0 Å². The van der Waals surface area contributed by atoms with Crippen LogP contribution in [0.4, 0.5) is 0 Å². The smallest absolute Gasteiger partial charge is 0.277 e. The average molecular weight is 410 g/mol. The lowest BCUT2D eigenvalue weighted by atomic mass is 10.0. The first kappa shape index (κ1) is 21.1. The van der Waals surface area contributed by atoms with E-state index in [1.165, 1.54) is 11.8 Å². The van der Waals surface area contributed by atoms with E-state index in [0.717, 1.165) is 35.1 Å². The van der Waals surface area contributed by atoms with E-state index in [-0.39, 0.29) is 17.2 Å². The van der Waals surface area contributed by atoms with Gasteiger partial charge in [-0.1, -0.05) is 72.6 Å². The highest BCUT2D eigenvalue weighted by Crippen LogP contribution is 2.28. The molecule has 0 saturated heterocycles. The second kappa shape index (κ2) is 9.74. The summed E-state index contributed by atoms with van der Waals surface area (Å²) >= 11 is 1.28. The standard InChI is InChI=1S/C23H27N3O2S/c1-5-9-20(18-10-7-6-8-11-18)24-21(27)17(4)29-23-26-25-22(28-23)19-13-15(2)12-16(3)14-19/h6-8,10-14,17,20H,5,9H2,1-4H3,(H,24,27)/t17-,20-/m0/s1. The topological polar surface area (TPSA) is 68.0 Å². The van der Waals surface area contributed by atoms with Crippen molar-refractivity contribution in [3.63, 3.8) is 0 Å². The Balaban J connectivity index is 1.66. The minimum atomic E-state index is -0.342. The van der Waals surface area contributed by atoms with E-state index in [0.29, 0.717) is 11.1 Å². The van der Waals surface area contributed by atoms with Gasteiger partial charge in [0, 0.05) is 5.56 Å². The highest BCUT2D eigenvalue weighted by molar-refractivity contribution is 8.00. The van der Waals surface area contributed by atoms with Gasteiger partial charge in [0.1, 0.15) is 0 Å². The number of amides is 1. The molecule has 5 nitrogen and oxygen atoms in total. The molecular formula is C23H27N3O2S. The fourth-order valence-electron chi connectivity index (χ4n) is 3.26. The molecular weight excluding hydrogens is 382 g/mol. The van der Waals surface area contributed by atoms with Gasteiger partial charge in [-0.15, -0.1) is 10.2 Å².